The predicted octanol–water partition coefficient (Wildman–Crippen LogP) is 4.27. The first kappa shape index (κ1) is 11.5. The molecule has 0 aliphatic rings. The number of carbonyl (C=O) groups excluding carboxylic acids is 1. The summed E-state index contributed by atoms with van der Waals surface area (Å²) in [7, 11) is 0. The zero-order valence-corrected chi connectivity index (χ0v) is 10.3. The maximum Gasteiger partial charge on any atom is 0.345 e. The van der Waals surface area contributed by atoms with Crippen LogP contribution in [0, 0.1) is 0 Å². The van der Waals surface area contributed by atoms with Crippen molar-refractivity contribution in [2.24, 2.45) is 0 Å². The lowest BCUT2D eigenvalue weighted by Crippen LogP contribution is -2.07. The maximum atomic E-state index is 11.6. The Kier molecular flexibility index (Phi) is 3.49. The lowest BCUT2D eigenvalue weighted by atomic mass is 10.3. The lowest BCUT2D eigenvalue weighted by Gasteiger charge is -2.02. The molecule has 16 heavy (non-hydrogen) atoms. The van der Waals surface area contributed by atoms with E-state index in [1.807, 2.05) is 0 Å². The van der Waals surface area contributed by atoms with Crippen molar-refractivity contribution in [3.63, 3.8) is 0 Å². The van der Waals surface area contributed by atoms with E-state index < -0.39 is 5.97 Å². The fourth-order valence-corrected chi connectivity index (χ4v) is 2.24. The Morgan fingerprint density at radius 3 is 2.38 bits per heavy atom. The highest BCUT2D eigenvalue weighted by molar-refractivity contribution is 7.08. The van der Waals surface area contributed by atoms with Gasteiger partial charge in [-0.05, 0) is 24.3 Å². The van der Waals surface area contributed by atoms with E-state index in [-0.39, 0.29) is 0 Å². The van der Waals surface area contributed by atoms with E-state index >= 15 is 0 Å². The summed E-state index contributed by atoms with van der Waals surface area (Å²) in [5.74, 6) is -0.0229. The van der Waals surface area contributed by atoms with Gasteiger partial charge in [0, 0.05) is 15.8 Å². The molecule has 1 aromatic heterocycles. The lowest BCUT2D eigenvalue weighted by molar-refractivity contribution is 0.0735. The number of rotatable bonds is 2. The summed E-state index contributed by atoms with van der Waals surface area (Å²) in [4.78, 5) is 11.6. The van der Waals surface area contributed by atoms with Crippen molar-refractivity contribution in [2.75, 3.05) is 0 Å². The van der Waals surface area contributed by atoms with Gasteiger partial charge in [-0.1, -0.05) is 23.2 Å². The Balaban J connectivity index is 2.14. The Hall–Kier alpha value is -1.03. The van der Waals surface area contributed by atoms with Gasteiger partial charge in [0.2, 0.25) is 0 Å². The van der Waals surface area contributed by atoms with Gasteiger partial charge in [0.15, 0.2) is 0 Å². The first-order chi connectivity index (χ1) is 7.66. The molecule has 0 fully saturated rings. The van der Waals surface area contributed by atoms with Crippen LogP contribution in [-0.4, -0.2) is 5.97 Å². The SMILES string of the molecule is O=C(Oc1ccc(Cl)cc1)c1cscc1Cl. The molecule has 0 radical (unpaired) electrons. The van der Waals surface area contributed by atoms with Crippen LogP contribution in [0.2, 0.25) is 10.0 Å². The molecule has 1 heterocycles. The first-order valence-electron chi connectivity index (χ1n) is 4.36. The molecule has 82 valence electrons. The molecular weight excluding hydrogens is 267 g/mol. The molecule has 2 rings (SSSR count). The molecule has 2 aromatic rings. The van der Waals surface area contributed by atoms with E-state index in [4.69, 9.17) is 27.9 Å². The van der Waals surface area contributed by atoms with E-state index in [0.29, 0.717) is 21.4 Å². The number of benzene rings is 1. The molecule has 0 saturated carbocycles. The van der Waals surface area contributed by atoms with Crippen molar-refractivity contribution >= 4 is 40.5 Å². The highest BCUT2D eigenvalue weighted by Crippen LogP contribution is 2.23. The van der Waals surface area contributed by atoms with Gasteiger partial charge in [0.25, 0.3) is 0 Å². The molecule has 0 saturated heterocycles. The highest BCUT2D eigenvalue weighted by atomic mass is 35.5. The fourth-order valence-electron chi connectivity index (χ4n) is 1.09. The largest absolute Gasteiger partial charge is 0.423 e. The summed E-state index contributed by atoms with van der Waals surface area (Å²) in [5, 5.41) is 4.33. The smallest absolute Gasteiger partial charge is 0.345 e. The molecule has 0 atom stereocenters. The van der Waals surface area contributed by atoms with Crippen molar-refractivity contribution in [3.05, 3.63) is 50.6 Å². The van der Waals surface area contributed by atoms with Gasteiger partial charge in [-0.3, -0.25) is 0 Å². The van der Waals surface area contributed by atoms with Gasteiger partial charge in [-0.2, -0.15) is 0 Å². The van der Waals surface area contributed by atoms with Gasteiger partial charge in [-0.15, -0.1) is 11.3 Å². The van der Waals surface area contributed by atoms with Crippen LogP contribution >= 0.6 is 34.5 Å². The minimum absolute atomic E-state index is 0.376. The van der Waals surface area contributed by atoms with Crippen LogP contribution in [0.3, 0.4) is 0 Å². The number of hydrogen-bond acceptors (Lipinski definition) is 3. The third-order valence-corrected chi connectivity index (χ3v) is 3.30. The van der Waals surface area contributed by atoms with Crippen LogP contribution in [-0.2, 0) is 0 Å². The second-order valence-corrected chi connectivity index (χ2v) is 4.56. The Morgan fingerprint density at radius 1 is 1.12 bits per heavy atom. The average Bonchev–Trinajstić information content (AvgIpc) is 2.68. The van der Waals surface area contributed by atoms with Crippen molar-refractivity contribution in [1.29, 1.82) is 0 Å². The van der Waals surface area contributed by atoms with E-state index in [2.05, 4.69) is 0 Å². The minimum Gasteiger partial charge on any atom is -0.423 e. The molecule has 0 spiro atoms. The summed E-state index contributed by atoms with van der Waals surface area (Å²) >= 11 is 12.9. The summed E-state index contributed by atoms with van der Waals surface area (Å²) in [6, 6.07) is 6.56. The third-order valence-electron chi connectivity index (χ3n) is 1.86. The molecule has 0 unspecified atom stereocenters. The van der Waals surface area contributed by atoms with Crippen molar-refractivity contribution in [3.8, 4) is 5.75 Å². The average molecular weight is 273 g/mol. The maximum absolute atomic E-state index is 11.6. The normalized spacial score (nSPS) is 10.1. The van der Waals surface area contributed by atoms with Gasteiger partial charge >= 0.3 is 5.97 Å². The quantitative estimate of drug-likeness (QED) is 0.603. The Labute approximate surface area is 106 Å². The summed E-state index contributed by atoms with van der Waals surface area (Å²) in [6.45, 7) is 0. The molecule has 0 aliphatic carbocycles. The van der Waals surface area contributed by atoms with Gasteiger partial charge in [0.1, 0.15) is 5.75 Å². The number of esters is 1. The molecule has 0 bridgehead atoms. The van der Waals surface area contributed by atoms with Gasteiger partial charge < -0.3 is 4.74 Å². The number of ether oxygens (including phenoxy) is 1. The third kappa shape index (κ3) is 2.55. The molecular formula is C11H6Cl2O2S. The Morgan fingerprint density at radius 2 is 1.81 bits per heavy atom. The molecule has 1 aromatic carbocycles. The molecule has 0 aliphatic heterocycles. The van der Waals surface area contributed by atoms with Crippen LogP contribution in [0.25, 0.3) is 0 Å². The fraction of sp³-hybridized carbons (Fsp3) is 0. The van der Waals surface area contributed by atoms with Crippen LogP contribution in [0.5, 0.6) is 5.75 Å². The van der Waals surface area contributed by atoms with E-state index in [1.165, 1.54) is 11.3 Å². The van der Waals surface area contributed by atoms with Crippen LogP contribution in [0.15, 0.2) is 35.0 Å². The van der Waals surface area contributed by atoms with Gasteiger partial charge in [0.05, 0.1) is 10.6 Å². The second-order valence-electron chi connectivity index (χ2n) is 2.98. The highest BCUT2D eigenvalue weighted by Gasteiger charge is 2.13. The molecule has 2 nitrogen and oxygen atoms in total. The zero-order valence-electron chi connectivity index (χ0n) is 7.94. The molecule has 0 N–H and O–H groups in total. The number of thiophene rings is 1. The van der Waals surface area contributed by atoms with E-state index in [1.54, 1.807) is 35.0 Å². The monoisotopic (exact) mass is 272 g/mol. The molecule has 5 heteroatoms. The van der Waals surface area contributed by atoms with E-state index in [9.17, 15) is 4.79 Å². The zero-order chi connectivity index (χ0) is 11.5. The summed E-state index contributed by atoms with van der Waals surface area (Å²) < 4.78 is 5.12. The number of hydrogen-bond donors (Lipinski definition) is 0. The topological polar surface area (TPSA) is 26.3 Å². The first-order valence-corrected chi connectivity index (χ1v) is 6.06. The van der Waals surface area contributed by atoms with Crippen molar-refractivity contribution in [1.82, 2.24) is 0 Å². The second kappa shape index (κ2) is 4.87. The Bertz CT molecular complexity index is 505. The number of carbonyl (C=O) groups is 1. The van der Waals surface area contributed by atoms with Crippen molar-refractivity contribution < 1.29 is 9.53 Å². The number of halogens is 2. The van der Waals surface area contributed by atoms with E-state index in [0.717, 1.165) is 0 Å². The summed E-state index contributed by atoms with van der Waals surface area (Å²) in [5.41, 5.74) is 0.376. The predicted molar refractivity (Wildman–Crippen MR) is 65.7 cm³/mol. The van der Waals surface area contributed by atoms with Crippen LogP contribution in [0.4, 0.5) is 0 Å². The van der Waals surface area contributed by atoms with Gasteiger partial charge in [-0.25, -0.2) is 4.79 Å². The molecule has 0 amide bonds. The van der Waals surface area contributed by atoms with Crippen LogP contribution in [0.1, 0.15) is 10.4 Å². The van der Waals surface area contributed by atoms with Crippen LogP contribution < -0.4 is 4.74 Å². The minimum atomic E-state index is -0.464. The standard InChI is InChI=1S/C11H6Cl2O2S/c12-7-1-3-8(4-2-7)15-11(14)9-5-16-6-10(9)13/h1-6H. The summed E-state index contributed by atoms with van der Waals surface area (Å²) in [6.07, 6.45) is 0. The van der Waals surface area contributed by atoms with Crippen molar-refractivity contribution in [2.45, 2.75) is 0 Å².